The summed E-state index contributed by atoms with van der Waals surface area (Å²) in [4.78, 5) is 28.7. The molecule has 0 fully saturated rings. The molecule has 1 N–H and O–H groups in total. The minimum Gasteiger partial charge on any atom is -0.452 e. The lowest BCUT2D eigenvalue weighted by Gasteiger charge is -2.09. The number of esters is 1. The van der Waals surface area contributed by atoms with Gasteiger partial charge in [0.05, 0.1) is 15.6 Å². The standard InChI is InChI=1S/C16H14Cl2N2O3S/c1-2-24-13-6-4-3-5-11(13)16(22)23-9-14(21)20-15-12(18)7-10(17)8-19-15/h3-8H,2,9H2,1H3,(H,19,20,21). The number of nitrogens with zero attached hydrogens (tertiary/aromatic N) is 1. The number of halogens is 2. The molecular formula is C16H14Cl2N2O3S. The number of carbonyl (C=O) groups excluding carboxylic acids is 2. The Balaban J connectivity index is 1.95. The van der Waals surface area contributed by atoms with Crippen LogP contribution in [0.3, 0.4) is 0 Å². The second-order valence-electron chi connectivity index (χ2n) is 4.54. The van der Waals surface area contributed by atoms with Crippen LogP contribution in [0.25, 0.3) is 0 Å². The van der Waals surface area contributed by atoms with E-state index in [9.17, 15) is 9.59 Å². The first-order valence-corrected chi connectivity index (χ1v) is 8.75. The molecule has 0 saturated carbocycles. The normalized spacial score (nSPS) is 10.3. The van der Waals surface area contributed by atoms with E-state index in [0.29, 0.717) is 10.6 Å². The van der Waals surface area contributed by atoms with Gasteiger partial charge in [0.2, 0.25) is 0 Å². The Morgan fingerprint density at radius 3 is 2.75 bits per heavy atom. The lowest BCUT2D eigenvalue weighted by molar-refractivity contribution is -0.119. The van der Waals surface area contributed by atoms with Crippen LogP contribution in [-0.4, -0.2) is 29.2 Å². The van der Waals surface area contributed by atoms with Crippen molar-refractivity contribution in [3.05, 3.63) is 52.1 Å². The highest BCUT2D eigenvalue weighted by molar-refractivity contribution is 7.99. The monoisotopic (exact) mass is 384 g/mol. The summed E-state index contributed by atoms with van der Waals surface area (Å²) in [6.45, 7) is 1.55. The molecule has 0 unspecified atom stereocenters. The molecule has 0 radical (unpaired) electrons. The fourth-order valence-corrected chi connectivity index (χ4v) is 3.02. The molecule has 0 aliphatic carbocycles. The molecule has 0 aliphatic heterocycles. The van der Waals surface area contributed by atoms with Gasteiger partial charge in [-0.1, -0.05) is 42.3 Å². The SMILES string of the molecule is CCSc1ccccc1C(=O)OCC(=O)Nc1ncc(Cl)cc1Cl. The van der Waals surface area contributed by atoms with Crippen molar-refractivity contribution in [1.29, 1.82) is 0 Å². The zero-order valence-corrected chi connectivity index (χ0v) is 15.0. The van der Waals surface area contributed by atoms with Gasteiger partial charge >= 0.3 is 5.97 Å². The van der Waals surface area contributed by atoms with Gasteiger partial charge in [0, 0.05) is 11.1 Å². The number of nitrogens with one attached hydrogen (secondary N) is 1. The smallest absolute Gasteiger partial charge is 0.339 e. The Morgan fingerprint density at radius 1 is 1.29 bits per heavy atom. The second-order valence-corrected chi connectivity index (χ2v) is 6.69. The maximum absolute atomic E-state index is 12.1. The van der Waals surface area contributed by atoms with E-state index in [1.165, 1.54) is 24.0 Å². The molecule has 1 aromatic heterocycles. The quantitative estimate of drug-likeness (QED) is 0.593. The van der Waals surface area contributed by atoms with Gasteiger partial charge in [-0.3, -0.25) is 4.79 Å². The van der Waals surface area contributed by atoms with E-state index in [-0.39, 0.29) is 10.8 Å². The highest BCUT2D eigenvalue weighted by Gasteiger charge is 2.15. The van der Waals surface area contributed by atoms with Crippen molar-refractivity contribution < 1.29 is 14.3 Å². The summed E-state index contributed by atoms with van der Waals surface area (Å²) < 4.78 is 5.05. The number of hydrogen-bond donors (Lipinski definition) is 1. The Morgan fingerprint density at radius 2 is 2.04 bits per heavy atom. The summed E-state index contributed by atoms with van der Waals surface area (Å²) in [5.74, 6) is -0.118. The van der Waals surface area contributed by atoms with Gasteiger partial charge in [0.25, 0.3) is 5.91 Å². The molecule has 2 aromatic rings. The van der Waals surface area contributed by atoms with Crippen molar-refractivity contribution in [1.82, 2.24) is 4.98 Å². The number of thioether (sulfide) groups is 1. The van der Waals surface area contributed by atoms with Crippen LogP contribution in [0.2, 0.25) is 10.0 Å². The molecule has 8 heteroatoms. The van der Waals surface area contributed by atoms with E-state index >= 15 is 0 Å². The number of hydrogen-bond acceptors (Lipinski definition) is 5. The summed E-state index contributed by atoms with van der Waals surface area (Å²) in [6, 6.07) is 8.54. The van der Waals surface area contributed by atoms with Gasteiger partial charge in [-0.25, -0.2) is 9.78 Å². The Bertz CT molecular complexity index is 756. The average Bonchev–Trinajstić information content (AvgIpc) is 2.56. The predicted octanol–water partition coefficient (Wildman–Crippen LogP) is 4.30. The molecule has 1 heterocycles. The number of benzene rings is 1. The van der Waals surface area contributed by atoms with Gasteiger partial charge in [-0.15, -0.1) is 11.8 Å². The fourth-order valence-electron chi connectivity index (χ4n) is 1.80. The number of anilines is 1. The molecule has 0 aliphatic rings. The highest BCUT2D eigenvalue weighted by atomic mass is 35.5. The highest BCUT2D eigenvalue weighted by Crippen LogP contribution is 2.24. The van der Waals surface area contributed by atoms with Crippen LogP contribution in [0.1, 0.15) is 17.3 Å². The third kappa shape index (κ3) is 5.12. The molecule has 0 bridgehead atoms. The second kappa shape index (κ2) is 8.92. The van der Waals surface area contributed by atoms with Crippen molar-refractivity contribution >= 4 is 52.7 Å². The fraction of sp³-hybridized carbons (Fsp3) is 0.188. The Kier molecular flexibility index (Phi) is 6.90. The van der Waals surface area contributed by atoms with E-state index in [4.69, 9.17) is 27.9 Å². The third-order valence-electron chi connectivity index (χ3n) is 2.81. The summed E-state index contributed by atoms with van der Waals surface area (Å²) in [5.41, 5.74) is 0.430. The van der Waals surface area contributed by atoms with E-state index in [1.807, 2.05) is 19.1 Å². The first kappa shape index (κ1) is 18.6. The summed E-state index contributed by atoms with van der Waals surface area (Å²) >= 11 is 13.2. The van der Waals surface area contributed by atoms with Crippen molar-refractivity contribution in [2.24, 2.45) is 0 Å². The lowest BCUT2D eigenvalue weighted by Crippen LogP contribution is -2.21. The number of rotatable bonds is 6. The van der Waals surface area contributed by atoms with Crippen LogP contribution in [0.5, 0.6) is 0 Å². The molecule has 5 nitrogen and oxygen atoms in total. The minimum atomic E-state index is -0.558. The van der Waals surface area contributed by atoms with Crippen molar-refractivity contribution in [2.45, 2.75) is 11.8 Å². The van der Waals surface area contributed by atoms with Gasteiger partial charge in [0.1, 0.15) is 0 Å². The first-order valence-electron chi connectivity index (χ1n) is 7.01. The Hall–Kier alpha value is -1.76. The van der Waals surface area contributed by atoms with Gasteiger partial charge < -0.3 is 10.1 Å². The van der Waals surface area contributed by atoms with Crippen molar-refractivity contribution in [3.8, 4) is 0 Å². The zero-order chi connectivity index (χ0) is 17.5. The molecule has 2 rings (SSSR count). The molecule has 1 aromatic carbocycles. The molecule has 0 spiro atoms. The maximum Gasteiger partial charge on any atom is 0.339 e. The summed E-state index contributed by atoms with van der Waals surface area (Å²) in [7, 11) is 0. The largest absolute Gasteiger partial charge is 0.452 e. The van der Waals surface area contributed by atoms with Crippen LogP contribution < -0.4 is 5.32 Å². The molecule has 126 valence electrons. The minimum absolute atomic E-state index is 0.157. The number of aromatic nitrogens is 1. The molecule has 0 atom stereocenters. The van der Waals surface area contributed by atoms with Crippen LogP contribution in [0.4, 0.5) is 5.82 Å². The van der Waals surface area contributed by atoms with Gasteiger partial charge in [-0.2, -0.15) is 0 Å². The van der Waals surface area contributed by atoms with Crippen LogP contribution in [-0.2, 0) is 9.53 Å². The number of carbonyl (C=O) groups is 2. The van der Waals surface area contributed by atoms with E-state index in [1.54, 1.807) is 12.1 Å². The first-order chi connectivity index (χ1) is 11.5. The number of pyridine rings is 1. The third-order valence-corrected chi connectivity index (χ3v) is 4.26. The molecule has 0 saturated heterocycles. The summed E-state index contributed by atoms with van der Waals surface area (Å²) in [5, 5.41) is 3.02. The number of ether oxygens (including phenoxy) is 1. The van der Waals surface area contributed by atoms with Crippen LogP contribution in [0.15, 0.2) is 41.4 Å². The average molecular weight is 385 g/mol. The van der Waals surface area contributed by atoms with Crippen LogP contribution >= 0.6 is 35.0 Å². The van der Waals surface area contributed by atoms with E-state index in [2.05, 4.69) is 10.3 Å². The topological polar surface area (TPSA) is 68.3 Å². The molecule has 1 amide bonds. The van der Waals surface area contributed by atoms with Gasteiger partial charge in [0.15, 0.2) is 12.4 Å². The molecule has 24 heavy (non-hydrogen) atoms. The molecular weight excluding hydrogens is 371 g/mol. The zero-order valence-electron chi connectivity index (χ0n) is 12.7. The van der Waals surface area contributed by atoms with Crippen molar-refractivity contribution in [3.63, 3.8) is 0 Å². The maximum atomic E-state index is 12.1. The van der Waals surface area contributed by atoms with E-state index < -0.39 is 18.5 Å². The predicted molar refractivity (Wildman–Crippen MR) is 96.0 cm³/mol. The summed E-state index contributed by atoms with van der Waals surface area (Å²) in [6.07, 6.45) is 1.35. The lowest BCUT2D eigenvalue weighted by atomic mass is 10.2. The van der Waals surface area contributed by atoms with E-state index in [0.717, 1.165) is 10.6 Å². The Labute approximate surface area is 153 Å². The number of amides is 1. The van der Waals surface area contributed by atoms with Gasteiger partial charge in [-0.05, 0) is 24.0 Å². The van der Waals surface area contributed by atoms with Crippen molar-refractivity contribution in [2.75, 3.05) is 17.7 Å². The van der Waals surface area contributed by atoms with Crippen LogP contribution in [0, 0.1) is 0 Å².